The highest BCUT2D eigenvalue weighted by molar-refractivity contribution is 7.09. The molecule has 3 rings (SSSR count). The maximum atomic E-state index is 12.3. The van der Waals surface area contributed by atoms with E-state index >= 15 is 0 Å². The first-order valence-electron chi connectivity index (χ1n) is 8.12. The molecule has 0 unspecified atom stereocenters. The predicted octanol–water partition coefficient (Wildman–Crippen LogP) is 3.03. The number of carbonyl (C=O) groups is 1. The minimum Gasteiger partial charge on any atom is -0.482 e. The Kier molecular flexibility index (Phi) is 6.08. The third-order valence-electron chi connectivity index (χ3n) is 4.16. The van der Waals surface area contributed by atoms with Gasteiger partial charge in [0, 0.05) is 49.7 Å². The number of hydrogen-bond acceptors (Lipinski definition) is 6. The molecule has 1 aliphatic heterocycles. The van der Waals surface area contributed by atoms with Crippen molar-refractivity contribution in [1.82, 2.24) is 9.80 Å². The monoisotopic (exact) mass is 395 g/mol. The summed E-state index contributed by atoms with van der Waals surface area (Å²) < 4.78 is 5.44. The molecule has 0 radical (unpaired) electrons. The number of carbonyl (C=O) groups excluding carboxylic acids is 1. The van der Waals surface area contributed by atoms with Gasteiger partial charge in [-0.1, -0.05) is 17.7 Å². The molecular formula is C17H18ClN3O4S. The summed E-state index contributed by atoms with van der Waals surface area (Å²) >= 11 is 7.71. The lowest BCUT2D eigenvalue weighted by Gasteiger charge is -2.34. The first kappa shape index (κ1) is 18.6. The smallest absolute Gasteiger partial charge is 0.271 e. The zero-order chi connectivity index (χ0) is 18.5. The lowest BCUT2D eigenvalue weighted by atomic mass is 10.3. The van der Waals surface area contributed by atoms with Crippen molar-refractivity contribution in [3.63, 3.8) is 0 Å². The molecule has 2 heterocycles. The number of amides is 1. The van der Waals surface area contributed by atoms with Gasteiger partial charge in [-0.3, -0.25) is 19.8 Å². The van der Waals surface area contributed by atoms with E-state index in [2.05, 4.69) is 16.3 Å². The fourth-order valence-corrected chi connectivity index (χ4v) is 3.70. The summed E-state index contributed by atoms with van der Waals surface area (Å²) in [5, 5.41) is 12.9. The van der Waals surface area contributed by atoms with Crippen molar-refractivity contribution in [3.05, 3.63) is 55.7 Å². The van der Waals surface area contributed by atoms with Crippen LogP contribution in [-0.4, -0.2) is 53.4 Å². The summed E-state index contributed by atoms with van der Waals surface area (Å²) in [5.41, 5.74) is -0.115. The number of nitro groups is 1. The Morgan fingerprint density at radius 3 is 2.65 bits per heavy atom. The first-order valence-corrected chi connectivity index (χ1v) is 9.38. The number of halogens is 1. The molecule has 26 heavy (non-hydrogen) atoms. The molecule has 138 valence electrons. The fraction of sp³-hybridized carbons (Fsp3) is 0.353. The second-order valence-corrected chi connectivity index (χ2v) is 7.34. The quantitative estimate of drug-likeness (QED) is 0.555. The number of nitrogens with zero attached hydrogens (tertiary/aromatic N) is 3. The predicted molar refractivity (Wildman–Crippen MR) is 99.8 cm³/mol. The van der Waals surface area contributed by atoms with Crippen molar-refractivity contribution < 1.29 is 14.5 Å². The topological polar surface area (TPSA) is 75.9 Å². The molecule has 1 amide bonds. The third kappa shape index (κ3) is 4.72. The van der Waals surface area contributed by atoms with Gasteiger partial charge in [0.15, 0.2) is 6.61 Å². The normalized spacial score (nSPS) is 15.0. The summed E-state index contributed by atoms with van der Waals surface area (Å²) in [6, 6.07) is 8.08. The van der Waals surface area contributed by atoms with Gasteiger partial charge in [-0.15, -0.1) is 11.3 Å². The second-order valence-electron chi connectivity index (χ2n) is 5.90. The summed E-state index contributed by atoms with van der Waals surface area (Å²) in [7, 11) is 0. The average Bonchev–Trinajstić information content (AvgIpc) is 3.14. The van der Waals surface area contributed by atoms with Crippen molar-refractivity contribution in [2.24, 2.45) is 0 Å². The van der Waals surface area contributed by atoms with Gasteiger partial charge in [-0.2, -0.15) is 0 Å². The van der Waals surface area contributed by atoms with Crippen molar-refractivity contribution in [3.8, 4) is 5.75 Å². The Morgan fingerprint density at radius 2 is 2.04 bits per heavy atom. The van der Waals surface area contributed by atoms with E-state index in [1.165, 1.54) is 23.1 Å². The van der Waals surface area contributed by atoms with Crippen molar-refractivity contribution >= 4 is 34.5 Å². The van der Waals surface area contributed by atoms with Crippen LogP contribution in [0, 0.1) is 10.1 Å². The molecule has 7 nitrogen and oxygen atoms in total. The molecule has 0 N–H and O–H groups in total. The van der Waals surface area contributed by atoms with Crippen LogP contribution in [0.15, 0.2) is 35.7 Å². The minimum absolute atomic E-state index is 0.115. The van der Waals surface area contributed by atoms with E-state index in [1.807, 2.05) is 6.07 Å². The molecule has 1 aromatic carbocycles. The van der Waals surface area contributed by atoms with E-state index < -0.39 is 4.92 Å². The third-order valence-corrected chi connectivity index (χ3v) is 5.32. The molecule has 0 aliphatic carbocycles. The lowest BCUT2D eigenvalue weighted by Crippen LogP contribution is -2.49. The Bertz CT molecular complexity index is 776. The number of nitro benzene ring substituents is 1. The number of rotatable bonds is 6. The van der Waals surface area contributed by atoms with E-state index in [9.17, 15) is 14.9 Å². The van der Waals surface area contributed by atoms with Crippen LogP contribution in [0.3, 0.4) is 0 Å². The van der Waals surface area contributed by atoms with E-state index in [4.69, 9.17) is 16.3 Å². The highest BCUT2D eigenvalue weighted by Gasteiger charge is 2.22. The van der Waals surface area contributed by atoms with Crippen LogP contribution in [0.4, 0.5) is 5.69 Å². The van der Waals surface area contributed by atoms with Gasteiger partial charge in [-0.25, -0.2) is 0 Å². The van der Waals surface area contributed by atoms with Crippen LogP contribution in [0.1, 0.15) is 4.88 Å². The minimum atomic E-state index is -0.531. The number of piperazine rings is 1. The van der Waals surface area contributed by atoms with Crippen LogP contribution in [0.2, 0.25) is 5.02 Å². The highest BCUT2D eigenvalue weighted by Crippen LogP contribution is 2.28. The largest absolute Gasteiger partial charge is 0.482 e. The van der Waals surface area contributed by atoms with E-state index in [1.54, 1.807) is 16.2 Å². The Morgan fingerprint density at radius 1 is 1.27 bits per heavy atom. The number of ether oxygens (including phenoxy) is 1. The maximum absolute atomic E-state index is 12.3. The van der Waals surface area contributed by atoms with Gasteiger partial charge in [0.2, 0.25) is 0 Å². The summed E-state index contributed by atoms with van der Waals surface area (Å²) in [6.45, 7) is 3.73. The molecule has 1 fully saturated rings. The Balaban J connectivity index is 1.46. The zero-order valence-corrected chi connectivity index (χ0v) is 15.5. The van der Waals surface area contributed by atoms with Crippen LogP contribution in [-0.2, 0) is 11.3 Å². The van der Waals surface area contributed by atoms with Gasteiger partial charge in [0.25, 0.3) is 11.6 Å². The van der Waals surface area contributed by atoms with E-state index in [0.717, 1.165) is 19.6 Å². The number of hydrogen-bond donors (Lipinski definition) is 0. The van der Waals surface area contributed by atoms with Crippen LogP contribution >= 0.6 is 22.9 Å². The summed E-state index contributed by atoms with van der Waals surface area (Å²) in [5.74, 6) is 0.150. The fourth-order valence-electron chi connectivity index (χ4n) is 2.73. The highest BCUT2D eigenvalue weighted by atomic mass is 35.5. The van der Waals surface area contributed by atoms with Crippen LogP contribution in [0.25, 0.3) is 0 Å². The SMILES string of the molecule is O=C(COc1ccc([N+](=O)[O-])cc1Cl)N1CCN(Cc2cccs2)CC1. The van der Waals surface area contributed by atoms with Gasteiger partial charge in [0.05, 0.1) is 9.95 Å². The van der Waals surface area contributed by atoms with Crippen molar-refractivity contribution in [2.75, 3.05) is 32.8 Å². The molecule has 2 aromatic rings. The van der Waals surface area contributed by atoms with Crippen molar-refractivity contribution in [1.29, 1.82) is 0 Å². The molecule has 0 spiro atoms. The van der Waals surface area contributed by atoms with Gasteiger partial charge < -0.3 is 9.64 Å². The molecular weight excluding hydrogens is 378 g/mol. The molecule has 0 atom stereocenters. The summed E-state index contributed by atoms with van der Waals surface area (Å²) in [6.07, 6.45) is 0. The van der Waals surface area contributed by atoms with Crippen LogP contribution in [0.5, 0.6) is 5.75 Å². The number of benzene rings is 1. The average molecular weight is 396 g/mol. The van der Waals surface area contributed by atoms with Gasteiger partial charge in [-0.05, 0) is 17.5 Å². The van der Waals surface area contributed by atoms with Gasteiger partial charge >= 0.3 is 0 Å². The zero-order valence-electron chi connectivity index (χ0n) is 14.0. The van der Waals surface area contributed by atoms with Gasteiger partial charge in [0.1, 0.15) is 5.75 Å². The number of thiophene rings is 1. The molecule has 1 aliphatic rings. The van der Waals surface area contributed by atoms with Crippen LogP contribution < -0.4 is 4.74 Å². The van der Waals surface area contributed by atoms with E-state index in [0.29, 0.717) is 13.1 Å². The number of non-ortho nitro benzene ring substituents is 1. The Hall–Kier alpha value is -2.16. The molecule has 1 saturated heterocycles. The first-order chi connectivity index (χ1) is 12.5. The maximum Gasteiger partial charge on any atom is 0.271 e. The Labute approximate surface area is 159 Å². The van der Waals surface area contributed by atoms with Crippen molar-refractivity contribution in [2.45, 2.75) is 6.54 Å². The molecule has 0 saturated carbocycles. The van der Waals surface area contributed by atoms with E-state index in [-0.39, 0.29) is 29.0 Å². The standard InChI is InChI=1S/C17H18ClN3O4S/c18-15-10-13(21(23)24)3-4-16(15)25-12-17(22)20-7-5-19(6-8-20)11-14-2-1-9-26-14/h1-4,9-10H,5-8,11-12H2. The second kappa shape index (κ2) is 8.48. The molecule has 0 bridgehead atoms. The molecule has 9 heteroatoms. The molecule has 1 aromatic heterocycles. The lowest BCUT2D eigenvalue weighted by molar-refractivity contribution is -0.384. The summed E-state index contributed by atoms with van der Waals surface area (Å²) in [4.78, 5) is 27.9.